The van der Waals surface area contributed by atoms with E-state index in [0.29, 0.717) is 0 Å². The van der Waals surface area contributed by atoms with Gasteiger partial charge in [-0.05, 0) is 65.6 Å². The summed E-state index contributed by atoms with van der Waals surface area (Å²) in [4.78, 5) is 5.27. The van der Waals surface area contributed by atoms with Gasteiger partial charge in [-0.3, -0.25) is 4.57 Å². The largest absolute Gasteiger partial charge is 0.456 e. The van der Waals surface area contributed by atoms with Crippen molar-refractivity contribution in [3.8, 4) is 28.2 Å². The molecule has 1 aliphatic rings. The van der Waals surface area contributed by atoms with Gasteiger partial charge in [-0.2, -0.15) is 0 Å². The first-order valence-electron chi connectivity index (χ1n) is 15.2. The average molecular weight is 565 g/mol. The lowest BCUT2D eigenvalue weighted by Crippen LogP contribution is -2.24. The molecule has 0 amide bonds. The molecule has 0 saturated carbocycles. The molecule has 0 saturated heterocycles. The molecule has 0 spiro atoms. The number of benzene rings is 5. The zero-order valence-corrected chi connectivity index (χ0v) is 24.0. The third-order valence-electron chi connectivity index (χ3n) is 8.93. The van der Waals surface area contributed by atoms with Crippen molar-refractivity contribution in [1.82, 2.24) is 9.55 Å². The van der Waals surface area contributed by atoms with Crippen molar-refractivity contribution < 1.29 is 4.42 Å². The van der Waals surface area contributed by atoms with Crippen molar-refractivity contribution >= 4 is 44.9 Å². The van der Waals surface area contributed by atoms with Crippen LogP contribution in [0.4, 0.5) is 0 Å². The number of hydrogen-bond acceptors (Lipinski definition) is 2. The van der Waals surface area contributed by atoms with Crippen LogP contribution < -0.4 is 10.6 Å². The maximum Gasteiger partial charge on any atom is 0.138 e. The average Bonchev–Trinajstić information content (AvgIpc) is 3.64. The van der Waals surface area contributed by atoms with Gasteiger partial charge < -0.3 is 4.42 Å². The van der Waals surface area contributed by atoms with Gasteiger partial charge in [0.2, 0.25) is 0 Å². The van der Waals surface area contributed by atoms with Crippen molar-refractivity contribution in [2.24, 2.45) is 0 Å². The monoisotopic (exact) mass is 564 g/mol. The number of para-hydroxylation sites is 2. The Hall–Kier alpha value is -5.67. The fourth-order valence-electron chi connectivity index (χ4n) is 6.80. The van der Waals surface area contributed by atoms with Gasteiger partial charge in [-0.25, -0.2) is 4.98 Å². The zero-order valence-electron chi connectivity index (χ0n) is 24.0. The zero-order chi connectivity index (χ0) is 29.0. The van der Waals surface area contributed by atoms with E-state index >= 15 is 0 Å². The molecule has 5 aromatic carbocycles. The number of hydrogen-bond donors (Lipinski definition) is 0. The Balaban J connectivity index is 1.25. The smallest absolute Gasteiger partial charge is 0.138 e. The molecule has 3 heteroatoms. The van der Waals surface area contributed by atoms with Gasteiger partial charge in [0, 0.05) is 32.9 Å². The molecule has 0 radical (unpaired) electrons. The molecule has 1 atom stereocenters. The lowest BCUT2D eigenvalue weighted by Gasteiger charge is -2.15. The van der Waals surface area contributed by atoms with Crippen molar-refractivity contribution in [3.05, 3.63) is 156 Å². The maximum atomic E-state index is 6.14. The number of pyridine rings is 1. The third kappa shape index (κ3) is 4.01. The van der Waals surface area contributed by atoms with E-state index in [9.17, 15) is 0 Å². The molecular formula is C41H28N2O. The van der Waals surface area contributed by atoms with Gasteiger partial charge in [0.05, 0.1) is 16.7 Å². The molecule has 0 bridgehead atoms. The third-order valence-corrected chi connectivity index (χ3v) is 8.93. The number of rotatable bonds is 4. The molecule has 0 fully saturated rings. The van der Waals surface area contributed by atoms with Crippen LogP contribution in [0.25, 0.3) is 73.1 Å². The van der Waals surface area contributed by atoms with Crippen LogP contribution in [0.3, 0.4) is 0 Å². The summed E-state index contributed by atoms with van der Waals surface area (Å²) in [5.74, 6) is 1.19. The summed E-state index contributed by atoms with van der Waals surface area (Å²) in [6, 6.07) is 49.4. The quantitative estimate of drug-likeness (QED) is 0.214. The first-order valence-corrected chi connectivity index (χ1v) is 15.2. The topological polar surface area (TPSA) is 31.0 Å². The molecule has 3 nitrogen and oxygen atoms in total. The van der Waals surface area contributed by atoms with Gasteiger partial charge in [-0.15, -0.1) is 0 Å². The fourth-order valence-corrected chi connectivity index (χ4v) is 6.80. The van der Waals surface area contributed by atoms with E-state index in [1.807, 2.05) is 12.1 Å². The number of fused-ring (bicyclic) bond motifs is 6. The lowest BCUT2D eigenvalue weighted by molar-refractivity contribution is 0.570. The van der Waals surface area contributed by atoms with E-state index < -0.39 is 0 Å². The predicted molar refractivity (Wildman–Crippen MR) is 181 cm³/mol. The highest BCUT2D eigenvalue weighted by molar-refractivity contribution is 6.09. The molecule has 0 N–H and O–H groups in total. The number of aromatic nitrogens is 2. The fraction of sp³-hybridized carbons (Fsp3) is 0.0488. The second-order valence-electron chi connectivity index (χ2n) is 11.5. The van der Waals surface area contributed by atoms with Crippen LogP contribution >= 0.6 is 0 Å². The van der Waals surface area contributed by atoms with E-state index in [-0.39, 0.29) is 5.92 Å². The summed E-state index contributed by atoms with van der Waals surface area (Å²) < 4.78 is 8.47. The van der Waals surface area contributed by atoms with Gasteiger partial charge in [0.15, 0.2) is 0 Å². The second kappa shape index (κ2) is 9.96. The molecular weight excluding hydrogens is 536 g/mol. The summed E-state index contributed by atoms with van der Waals surface area (Å²) in [7, 11) is 0. The van der Waals surface area contributed by atoms with Crippen LogP contribution in [0.2, 0.25) is 0 Å². The highest BCUT2D eigenvalue weighted by Gasteiger charge is 2.19. The van der Waals surface area contributed by atoms with Gasteiger partial charge in [-0.1, -0.05) is 109 Å². The number of nitrogens with zero attached hydrogens (tertiary/aromatic N) is 2. The van der Waals surface area contributed by atoms with Crippen LogP contribution in [0.5, 0.6) is 0 Å². The summed E-state index contributed by atoms with van der Waals surface area (Å²) in [6.07, 6.45) is 5.55. The predicted octanol–water partition coefficient (Wildman–Crippen LogP) is 9.01. The first kappa shape index (κ1) is 24.9. The van der Waals surface area contributed by atoms with Gasteiger partial charge in [0.1, 0.15) is 16.8 Å². The van der Waals surface area contributed by atoms with Crippen LogP contribution in [0, 0.1) is 0 Å². The van der Waals surface area contributed by atoms with Crippen molar-refractivity contribution in [3.63, 3.8) is 0 Å². The highest BCUT2D eigenvalue weighted by atomic mass is 16.3. The standard InChI is InChI=1S/C41H28N2O/c1-3-11-27(12-4-1)31-25-36(28-13-5-2-6-14-28)42-41(26-31)43-37-17-9-7-15-32(37)34-23-29(19-21-38(34)43)30-20-22-40-35(24-30)33-16-8-10-18-39(33)44-40/h1-19,21-26,30H,20H2. The van der Waals surface area contributed by atoms with Crippen LogP contribution in [-0.4, -0.2) is 9.55 Å². The molecule has 1 aliphatic carbocycles. The normalized spacial score (nSPS) is 14.4. The summed E-state index contributed by atoms with van der Waals surface area (Å²) >= 11 is 0. The Bertz CT molecular complexity index is 2410. The molecule has 0 aliphatic heterocycles. The molecule has 1 unspecified atom stereocenters. The molecule has 3 heterocycles. The van der Waals surface area contributed by atoms with Crippen molar-refractivity contribution in [2.75, 3.05) is 0 Å². The second-order valence-corrected chi connectivity index (χ2v) is 11.5. The Morgan fingerprint density at radius 2 is 1.30 bits per heavy atom. The molecule has 8 aromatic rings. The summed E-state index contributed by atoms with van der Waals surface area (Å²) in [6.45, 7) is 0. The first-order chi connectivity index (χ1) is 21.8. The van der Waals surface area contributed by atoms with E-state index in [2.05, 4.69) is 144 Å². The Morgan fingerprint density at radius 3 is 2.14 bits per heavy atom. The van der Waals surface area contributed by atoms with E-state index in [0.717, 1.165) is 51.1 Å². The highest BCUT2D eigenvalue weighted by Crippen LogP contribution is 2.37. The minimum atomic E-state index is 0.277. The summed E-state index contributed by atoms with van der Waals surface area (Å²) in [5, 5.41) is 4.85. The number of furan rings is 1. The van der Waals surface area contributed by atoms with Gasteiger partial charge >= 0.3 is 0 Å². The molecule has 208 valence electrons. The van der Waals surface area contributed by atoms with E-state index in [1.54, 1.807) is 0 Å². The Labute approximate surface area is 254 Å². The molecule has 44 heavy (non-hydrogen) atoms. The molecule has 9 rings (SSSR count). The van der Waals surface area contributed by atoms with Crippen LogP contribution in [0.15, 0.2) is 144 Å². The Kier molecular flexibility index (Phi) is 5.63. The van der Waals surface area contributed by atoms with Crippen LogP contribution in [0.1, 0.15) is 17.9 Å². The van der Waals surface area contributed by atoms with Crippen LogP contribution in [-0.2, 0) is 0 Å². The van der Waals surface area contributed by atoms with Gasteiger partial charge in [0.25, 0.3) is 0 Å². The minimum Gasteiger partial charge on any atom is -0.456 e. The van der Waals surface area contributed by atoms with Crippen molar-refractivity contribution in [2.45, 2.75) is 12.3 Å². The van der Waals surface area contributed by atoms with E-state index in [4.69, 9.17) is 9.40 Å². The SMILES string of the molecule is C1=c2oc3ccccc3c2=CC(c2ccc3c(c2)c2ccccc2n3-c2cc(-c3ccccc3)cc(-c3ccccc3)n2)C1. The Morgan fingerprint density at radius 1 is 0.591 bits per heavy atom. The minimum absolute atomic E-state index is 0.277. The lowest BCUT2D eigenvalue weighted by atomic mass is 9.90. The summed E-state index contributed by atoms with van der Waals surface area (Å²) in [5.41, 5.74) is 9.93. The molecule has 3 aromatic heterocycles. The maximum absolute atomic E-state index is 6.14. The van der Waals surface area contributed by atoms with E-state index in [1.165, 1.54) is 32.5 Å². The van der Waals surface area contributed by atoms with Crippen molar-refractivity contribution in [1.29, 1.82) is 0 Å².